The molecule has 1 fully saturated rings. The van der Waals surface area contributed by atoms with E-state index in [1.807, 2.05) is 30.3 Å². The Kier molecular flexibility index (Phi) is 7.22. The molecule has 202 valence electrons. The molecule has 2 aliphatic rings. The van der Waals surface area contributed by atoms with Crippen molar-refractivity contribution < 1.29 is 0 Å². The van der Waals surface area contributed by atoms with E-state index >= 15 is 0 Å². The number of allylic oxidation sites excluding steroid dienone is 1. The maximum atomic E-state index is 6.32. The molecule has 1 saturated carbocycles. The molecular formula is C35H27Cl2N3S. The van der Waals surface area contributed by atoms with Crippen LogP contribution in [0.3, 0.4) is 0 Å². The highest BCUT2D eigenvalue weighted by Gasteiger charge is 2.43. The van der Waals surface area contributed by atoms with Crippen molar-refractivity contribution in [1.82, 2.24) is 4.98 Å². The van der Waals surface area contributed by atoms with E-state index in [1.165, 1.54) is 11.1 Å². The predicted octanol–water partition coefficient (Wildman–Crippen LogP) is 10.6. The smallest absolute Gasteiger partial charge is 0.207 e. The molecule has 3 nitrogen and oxygen atoms in total. The Hall–Kier alpha value is -3.70. The van der Waals surface area contributed by atoms with Crippen LogP contribution in [0.2, 0.25) is 10.0 Å². The summed E-state index contributed by atoms with van der Waals surface area (Å²) in [5, 5.41) is 9.92. The third kappa shape index (κ3) is 5.24. The van der Waals surface area contributed by atoms with E-state index in [9.17, 15) is 0 Å². The summed E-state index contributed by atoms with van der Waals surface area (Å²) >= 11 is 14.2. The number of hydrogen-bond acceptors (Lipinski definition) is 4. The molecule has 0 unspecified atom stereocenters. The largest absolute Gasteiger partial charge is 0.231 e. The molecule has 6 heteroatoms. The fourth-order valence-electron chi connectivity index (χ4n) is 5.90. The maximum absolute atomic E-state index is 6.32. The number of fused-ring (bicyclic) bond motifs is 1. The van der Waals surface area contributed by atoms with Crippen molar-refractivity contribution in [2.24, 2.45) is 11.0 Å². The second kappa shape index (κ2) is 11.3. The first-order chi connectivity index (χ1) is 20.1. The fourth-order valence-corrected chi connectivity index (χ4v) is 7.23. The van der Waals surface area contributed by atoms with Gasteiger partial charge in [-0.2, -0.15) is 5.10 Å². The zero-order valence-electron chi connectivity index (χ0n) is 22.3. The van der Waals surface area contributed by atoms with Gasteiger partial charge in [0.05, 0.1) is 22.3 Å². The lowest BCUT2D eigenvalue weighted by Gasteiger charge is -2.29. The lowest BCUT2D eigenvalue weighted by molar-refractivity contribution is 0.487. The highest BCUT2D eigenvalue weighted by atomic mass is 35.5. The average Bonchev–Trinajstić information content (AvgIpc) is 3.63. The van der Waals surface area contributed by atoms with Gasteiger partial charge < -0.3 is 0 Å². The minimum absolute atomic E-state index is 0.0366. The highest BCUT2D eigenvalue weighted by molar-refractivity contribution is 7.19. The van der Waals surface area contributed by atoms with Crippen molar-refractivity contribution >= 4 is 51.5 Å². The van der Waals surface area contributed by atoms with Gasteiger partial charge in [-0.05, 0) is 71.9 Å². The molecule has 4 aromatic carbocycles. The standard InChI is InChI=1S/C35H27Cl2N3S/c36-28-18-14-23(15-19-28)22-27-12-7-13-30-31(27)39-40(33(30)25-16-20-29(37)21-17-25)35-38-32(24-8-3-1-4-9-24)34(41-35)26-10-5-2-6-11-26/h1-6,8-11,14-22,30,33H,7,12-13H2/b27-22+/t30-,33+/m0/s1. The number of nitrogens with zero attached hydrogens (tertiary/aromatic N) is 3. The van der Waals surface area contributed by atoms with Crippen LogP contribution in [-0.2, 0) is 0 Å². The highest BCUT2D eigenvalue weighted by Crippen LogP contribution is 2.49. The number of anilines is 1. The fraction of sp³-hybridized carbons (Fsp3) is 0.143. The molecule has 0 spiro atoms. The van der Waals surface area contributed by atoms with Crippen LogP contribution in [0.25, 0.3) is 27.8 Å². The normalized spacial score (nSPS) is 19.3. The SMILES string of the molecule is Clc1ccc(/C=C2\CCC[C@H]3C2=NN(c2nc(-c4ccccc4)c(-c4ccccc4)s2)[C@@H]3c2ccc(Cl)cc2)cc1. The van der Waals surface area contributed by atoms with Crippen LogP contribution in [0.4, 0.5) is 5.13 Å². The number of rotatable bonds is 5. The summed E-state index contributed by atoms with van der Waals surface area (Å²) in [6, 6.07) is 37.3. The van der Waals surface area contributed by atoms with Gasteiger partial charge in [-0.15, -0.1) is 0 Å². The molecule has 0 saturated heterocycles. The maximum Gasteiger partial charge on any atom is 0.207 e. The van der Waals surface area contributed by atoms with E-state index in [4.69, 9.17) is 33.3 Å². The molecule has 5 aromatic rings. The number of benzene rings is 4. The van der Waals surface area contributed by atoms with Crippen LogP contribution >= 0.6 is 34.5 Å². The molecule has 7 rings (SSSR count). The first kappa shape index (κ1) is 26.2. The number of hydrogen-bond donors (Lipinski definition) is 0. The van der Waals surface area contributed by atoms with E-state index in [0.29, 0.717) is 0 Å². The Labute approximate surface area is 254 Å². The number of thiazole rings is 1. The van der Waals surface area contributed by atoms with Gasteiger partial charge in [-0.1, -0.05) is 119 Å². The van der Waals surface area contributed by atoms with Gasteiger partial charge in [0, 0.05) is 21.5 Å². The van der Waals surface area contributed by atoms with Crippen LogP contribution in [0.15, 0.2) is 120 Å². The Morgan fingerprint density at radius 2 is 1.39 bits per heavy atom. The summed E-state index contributed by atoms with van der Waals surface area (Å²) in [5.74, 6) is 0.257. The molecule has 0 N–H and O–H groups in total. The van der Waals surface area contributed by atoms with E-state index in [2.05, 4.69) is 89.9 Å². The van der Waals surface area contributed by atoms with Crippen LogP contribution < -0.4 is 5.01 Å². The van der Waals surface area contributed by atoms with Gasteiger partial charge in [-0.3, -0.25) is 0 Å². The first-order valence-electron chi connectivity index (χ1n) is 13.9. The molecular weight excluding hydrogens is 565 g/mol. The Morgan fingerprint density at radius 3 is 2.07 bits per heavy atom. The Balaban J connectivity index is 1.38. The van der Waals surface area contributed by atoms with E-state index < -0.39 is 0 Å². The van der Waals surface area contributed by atoms with Crippen molar-refractivity contribution in [3.8, 4) is 21.7 Å². The average molecular weight is 593 g/mol. The van der Waals surface area contributed by atoms with Crippen molar-refractivity contribution in [2.45, 2.75) is 25.3 Å². The van der Waals surface area contributed by atoms with Gasteiger partial charge >= 0.3 is 0 Å². The Morgan fingerprint density at radius 1 is 0.756 bits per heavy atom. The predicted molar refractivity (Wildman–Crippen MR) is 174 cm³/mol. The van der Waals surface area contributed by atoms with Crippen LogP contribution in [0.5, 0.6) is 0 Å². The van der Waals surface area contributed by atoms with Crippen LogP contribution in [-0.4, -0.2) is 10.7 Å². The summed E-state index contributed by atoms with van der Waals surface area (Å²) in [5.41, 5.74) is 8.02. The number of aromatic nitrogens is 1. The second-order valence-electron chi connectivity index (χ2n) is 10.5. The van der Waals surface area contributed by atoms with Gasteiger partial charge in [0.1, 0.15) is 0 Å². The third-order valence-electron chi connectivity index (χ3n) is 7.82. The van der Waals surface area contributed by atoms with E-state index in [1.54, 1.807) is 11.3 Å². The Bertz CT molecular complexity index is 1670. The summed E-state index contributed by atoms with van der Waals surface area (Å²) in [7, 11) is 0. The van der Waals surface area contributed by atoms with Gasteiger partial charge in [0.15, 0.2) is 0 Å². The molecule has 0 amide bonds. The summed E-state index contributed by atoms with van der Waals surface area (Å²) < 4.78 is 0. The molecule has 0 radical (unpaired) electrons. The van der Waals surface area contributed by atoms with Crippen LogP contribution in [0.1, 0.15) is 36.4 Å². The van der Waals surface area contributed by atoms with E-state index in [0.717, 1.165) is 67.4 Å². The van der Waals surface area contributed by atoms with Crippen molar-refractivity contribution in [1.29, 1.82) is 0 Å². The summed E-state index contributed by atoms with van der Waals surface area (Å²) in [6.07, 6.45) is 5.46. The molecule has 2 heterocycles. The van der Waals surface area contributed by atoms with Gasteiger partial charge in [0.25, 0.3) is 0 Å². The minimum atomic E-state index is 0.0366. The van der Waals surface area contributed by atoms with Crippen molar-refractivity contribution in [3.63, 3.8) is 0 Å². The minimum Gasteiger partial charge on any atom is -0.231 e. The molecule has 41 heavy (non-hydrogen) atoms. The van der Waals surface area contributed by atoms with Gasteiger partial charge in [0.2, 0.25) is 5.13 Å². The molecule has 2 atom stereocenters. The monoisotopic (exact) mass is 591 g/mol. The molecule has 1 aliphatic carbocycles. The summed E-state index contributed by atoms with van der Waals surface area (Å²) in [6.45, 7) is 0. The first-order valence-corrected chi connectivity index (χ1v) is 15.4. The zero-order chi connectivity index (χ0) is 27.8. The van der Waals surface area contributed by atoms with Crippen molar-refractivity contribution in [2.75, 3.05) is 5.01 Å². The molecule has 1 aliphatic heterocycles. The molecule has 0 bridgehead atoms. The summed E-state index contributed by atoms with van der Waals surface area (Å²) in [4.78, 5) is 6.43. The van der Waals surface area contributed by atoms with Gasteiger partial charge in [-0.25, -0.2) is 9.99 Å². The third-order valence-corrected chi connectivity index (χ3v) is 9.42. The second-order valence-corrected chi connectivity index (χ2v) is 12.3. The van der Waals surface area contributed by atoms with E-state index in [-0.39, 0.29) is 12.0 Å². The topological polar surface area (TPSA) is 28.5 Å². The molecule has 1 aromatic heterocycles. The quantitative estimate of drug-likeness (QED) is 0.203. The lowest BCUT2D eigenvalue weighted by atomic mass is 9.77. The lowest BCUT2D eigenvalue weighted by Crippen LogP contribution is -2.28. The number of halogens is 2. The van der Waals surface area contributed by atoms with Crippen LogP contribution in [0, 0.1) is 5.92 Å². The zero-order valence-corrected chi connectivity index (χ0v) is 24.6. The van der Waals surface area contributed by atoms with Crippen molar-refractivity contribution in [3.05, 3.63) is 136 Å². The number of hydrazone groups is 1.